The molecule has 0 saturated carbocycles. The molecule has 7 heteroatoms. The van der Waals surface area contributed by atoms with Gasteiger partial charge in [0.2, 0.25) is 0 Å². The minimum atomic E-state index is -0.146. The van der Waals surface area contributed by atoms with Gasteiger partial charge in [-0.25, -0.2) is 0 Å². The van der Waals surface area contributed by atoms with E-state index in [1.807, 2.05) is 0 Å². The van der Waals surface area contributed by atoms with Gasteiger partial charge >= 0.3 is 0 Å². The zero-order valence-electron chi connectivity index (χ0n) is 14.6. The van der Waals surface area contributed by atoms with Crippen LogP contribution in [0.15, 0.2) is 28.8 Å². The van der Waals surface area contributed by atoms with E-state index in [1.54, 1.807) is 36.1 Å². The molecule has 1 fully saturated rings. The Morgan fingerprint density at radius 1 is 1.08 bits per heavy atom. The molecule has 136 valence electrons. The van der Waals surface area contributed by atoms with Gasteiger partial charge in [0.25, 0.3) is 5.91 Å². The van der Waals surface area contributed by atoms with Gasteiger partial charge in [-0.15, -0.1) is 0 Å². The van der Waals surface area contributed by atoms with Crippen LogP contribution in [0.25, 0.3) is 0 Å². The Hall–Kier alpha value is -2.83. The van der Waals surface area contributed by atoms with E-state index in [0.29, 0.717) is 67.7 Å². The summed E-state index contributed by atoms with van der Waals surface area (Å²) in [7, 11) is 0. The lowest BCUT2D eigenvalue weighted by Crippen LogP contribution is -2.40. The van der Waals surface area contributed by atoms with Gasteiger partial charge in [-0.1, -0.05) is 5.16 Å². The molecule has 7 nitrogen and oxygen atoms in total. The van der Waals surface area contributed by atoms with E-state index in [2.05, 4.69) is 5.16 Å². The number of aryl methyl sites for hydroxylation is 1. The molecule has 3 heterocycles. The fraction of sp³-hybridized carbons (Fsp3) is 0.421. The topological polar surface area (TPSA) is 81.9 Å². The van der Waals surface area contributed by atoms with Crippen LogP contribution in [0.1, 0.15) is 39.4 Å². The maximum Gasteiger partial charge on any atom is 0.276 e. The summed E-state index contributed by atoms with van der Waals surface area (Å²) in [6, 6.07) is 6.96. The summed E-state index contributed by atoms with van der Waals surface area (Å²) in [6.07, 6.45) is 1.27. The van der Waals surface area contributed by atoms with Gasteiger partial charge in [0.1, 0.15) is 19.0 Å². The molecule has 2 aromatic rings. The van der Waals surface area contributed by atoms with Crippen molar-refractivity contribution in [3.63, 3.8) is 0 Å². The quantitative estimate of drug-likeness (QED) is 0.786. The van der Waals surface area contributed by atoms with Crippen molar-refractivity contribution in [2.45, 2.75) is 19.8 Å². The van der Waals surface area contributed by atoms with Crippen LogP contribution in [0.4, 0.5) is 0 Å². The van der Waals surface area contributed by atoms with Crippen LogP contribution in [0.3, 0.4) is 0 Å². The average molecular weight is 356 g/mol. The van der Waals surface area contributed by atoms with Crippen molar-refractivity contribution in [3.8, 4) is 11.5 Å². The highest BCUT2D eigenvalue weighted by molar-refractivity contribution is 5.99. The fourth-order valence-corrected chi connectivity index (χ4v) is 3.41. The molecule has 0 radical (unpaired) electrons. The summed E-state index contributed by atoms with van der Waals surface area (Å²) in [5, 5.41) is 3.77. The summed E-state index contributed by atoms with van der Waals surface area (Å²) >= 11 is 0. The molecule has 0 N–H and O–H groups in total. The number of Topliss-reactive ketones (excluding diaryl/α,β-unsaturated/α-hetero) is 1. The Bertz CT molecular complexity index is 836. The minimum absolute atomic E-state index is 0.0892. The number of piperidine rings is 1. The van der Waals surface area contributed by atoms with Gasteiger partial charge in [-0.2, -0.15) is 0 Å². The van der Waals surface area contributed by atoms with Crippen molar-refractivity contribution >= 4 is 11.7 Å². The first-order valence-electron chi connectivity index (χ1n) is 8.78. The molecule has 26 heavy (non-hydrogen) atoms. The first-order chi connectivity index (χ1) is 12.6. The number of likely N-dealkylation sites (tertiary alicyclic amines) is 1. The van der Waals surface area contributed by atoms with Gasteiger partial charge in [-0.3, -0.25) is 9.59 Å². The highest BCUT2D eigenvalue weighted by Crippen LogP contribution is 2.32. The smallest absolute Gasteiger partial charge is 0.276 e. The Morgan fingerprint density at radius 3 is 2.50 bits per heavy atom. The van der Waals surface area contributed by atoms with Crippen LogP contribution in [-0.2, 0) is 0 Å². The second-order valence-corrected chi connectivity index (χ2v) is 6.61. The third kappa shape index (κ3) is 3.16. The molecule has 1 amide bonds. The molecule has 2 aliphatic rings. The Kier molecular flexibility index (Phi) is 4.36. The van der Waals surface area contributed by atoms with E-state index in [9.17, 15) is 9.59 Å². The SMILES string of the molecule is Cc1cc(C(=O)N2CCC(C(=O)c3ccc4c(c3)OCCO4)CC2)no1. The highest BCUT2D eigenvalue weighted by Gasteiger charge is 2.30. The number of rotatable bonds is 3. The Morgan fingerprint density at radius 2 is 1.81 bits per heavy atom. The molecule has 4 rings (SSSR count). The van der Waals surface area contributed by atoms with Crippen molar-refractivity contribution in [1.29, 1.82) is 0 Å². The number of nitrogens with zero attached hydrogens (tertiary/aromatic N) is 2. The molecule has 1 aromatic carbocycles. The zero-order chi connectivity index (χ0) is 18.1. The van der Waals surface area contributed by atoms with E-state index in [-0.39, 0.29) is 17.6 Å². The number of aromatic nitrogens is 1. The molecule has 0 atom stereocenters. The predicted molar refractivity (Wildman–Crippen MR) is 91.6 cm³/mol. The van der Waals surface area contributed by atoms with Gasteiger partial charge < -0.3 is 18.9 Å². The van der Waals surface area contributed by atoms with Crippen molar-refractivity contribution in [2.24, 2.45) is 5.92 Å². The summed E-state index contributed by atoms with van der Waals surface area (Å²) in [6.45, 7) is 3.84. The maximum absolute atomic E-state index is 12.8. The molecular weight excluding hydrogens is 336 g/mol. The molecule has 0 spiro atoms. The van der Waals surface area contributed by atoms with Crippen LogP contribution in [0, 0.1) is 12.8 Å². The number of benzene rings is 1. The predicted octanol–water partition coefficient (Wildman–Crippen LogP) is 2.49. The minimum Gasteiger partial charge on any atom is -0.486 e. The lowest BCUT2D eigenvalue weighted by molar-refractivity contribution is 0.0641. The third-order valence-electron chi connectivity index (χ3n) is 4.83. The third-order valence-corrected chi connectivity index (χ3v) is 4.83. The first kappa shape index (κ1) is 16.6. The Balaban J connectivity index is 1.40. The van der Waals surface area contributed by atoms with Gasteiger partial charge in [-0.05, 0) is 38.0 Å². The average Bonchev–Trinajstić information content (AvgIpc) is 3.13. The van der Waals surface area contributed by atoms with E-state index in [4.69, 9.17) is 14.0 Å². The summed E-state index contributed by atoms with van der Waals surface area (Å²) in [5.74, 6) is 1.75. The number of carbonyl (C=O) groups is 2. The molecule has 0 aliphatic carbocycles. The molecule has 0 bridgehead atoms. The highest BCUT2D eigenvalue weighted by atomic mass is 16.6. The summed E-state index contributed by atoms with van der Waals surface area (Å²) in [4.78, 5) is 26.9. The van der Waals surface area contributed by atoms with Crippen molar-refractivity contribution < 1.29 is 23.6 Å². The number of carbonyl (C=O) groups excluding carboxylic acids is 2. The molecule has 2 aliphatic heterocycles. The molecule has 0 unspecified atom stereocenters. The number of amides is 1. The lowest BCUT2D eigenvalue weighted by atomic mass is 9.88. The second kappa shape index (κ2) is 6.82. The summed E-state index contributed by atoms with van der Waals surface area (Å²) < 4.78 is 16.0. The van der Waals surface area contributed by atoms with E-state index >= 15 is 0 Å². The number of fused-ring (bicyclic) bond motifs is 1. The normalized spacial score (nSPS) is 17.2. The standard InChI is InChI=1S/C19H20N2O5/c1-12-10-15(20-26-12)19(23)21-6-4-13(5-7-21)18(22)14-2-3-16-17(11-14)25-9-8-24-16/h2-3,10-11,13H,4-9H2,1H3. The monoisotopic (exact) mass is 356 g/mol. The number of ether oxygens (including phenoxy) is 2. The first-order valence-corrected chi connectivity index (χ1v) is 8.78. The van der Waals surface area contributed by atoms with Gasteiger partial charge in [0.15, 0.2) is 23.0 Å². The van der Waals surface area contributed by atoms with Crippen molar-refractivity contribution in [3.05, 3.63) is 41.3 Å². The van der Waals surface area contributed by atoms with E-state index < -0.39 is 0 Å². The van der Waals surface area contributed by atoms with E-state index in [1.165, 1.54) is 0 Å². The van der Waals surface area contributed by atoms with Crippen molar-refractivity contribution in [2.75, 3.05) is 26.3 Å². The fourth-order valence-electron chi connectivity index (χ4n) is 3.41. The van der Waals surface area contributed by atoms with Crippen LogP contribution in [-0.4, -0.2) is 48.1 Å². The maximum atomic E-state index is 12.8. The van der Waals surface area contributed by atoms with Gasteiger partial charge in [0, 0.05) is 30.6 Å². The van der Waals surface area contributed by atoms with Crippen LogP contribution >= 0.6 is 0 Å². The zero-order valence-corrected chi connectivity index (χ0v) is 14.6. The van der Waals surface area contributed by atoms with Gasteiger partial charge in [0.05, 0.1) is 0 Å². The molecule has 1 saturated heterocycles. The number of hydrogen-bond donors (Lipinski definition) is 0. The number of ketones is 1. The van der Waals surface area contributed by atoms with Crippen LogP contribution in [0.2, 0.25) is 0 Å². The number of hydrogen-bond acceptors (Lipinski definition) is 6. The molecule has 1 aromatic heterocycles. The Labute approximate surface area is 150 Å². The van der Waals surface area contributed by atoms with Crippen LogP contribution < -0.4 is 9.47 Å². The lowest BCUT2D eigenvalue weighted by Gasteiger charge is -2.31. The largest absolute Gasteiger partial charge is 0.486 e. The van der Waals surface area contributed by atoms with E-state index in [0.717, 1.165) is 0 Å². The summed E-state index contributed by atoms with van der Waals surface area (Å²) in [5.41, 5.74) is 0.949. The van der Waals surface area contributed by atoms with Crippen molar-refractivity contribution in [1.82, 2.24) is 10.1 Å². The second-order valence-electron chi connectivity index (χ2n) is 6.61. The molecular formula is C19H20N2O5. The van der Waals surface area contributed by atoms with Crippen LogP contribution in [0.5, 0.6) is 11.5 Å².